The molecule has 0 atom stereocenters. The standard InChI is InChI=1S/C20H23N3O7.C8H7ClF3N/c24-14-23-15-1-3-16(4-2-15)30-17-5-7-21-18(13-17)20(27)22-8-10-29-12-11-28-9-6-19(25)26;1-13-5-2-3-7(9)6(4-5)8(10,11)12/h1-5,7,13-14H,6,8-12H2,(H,22,27)(H,23,24)(H,25,26);2-4,13H,1H3. The van der Waals surface area contributed by atoms with Crippen molar-refractivity contribution in [3.63, 3.8) is 0 Å². The molecule has 15 heteroatoms. The van der Waals surface area contributed by atoms with Gasteiger partial charge >= 0.3 is 12.1 Å². The van der Waals surface area contributed by atoms with Gasteiger partial charge in [0.1, 0.15) is 17.2 Å². The number of benzene rings is 2. The normalized spacial score (nSPS) is 10.6. The number of pyridine rings is 1. The van der Waals surface area contributed by atoms with E-state index in [4.69, 9.17) is 30.9 Å². The second-order valence-corrected chi connectivity index (χ2v) is 8.74. The third-order valence-electron chi connectivity index (χ3n) is 5.20. The minimum atomic E-state index is -4.40. The maximum atomic E-state index is 12.3. The summed E-state index contributed by atoms with van der Waals surface area (Å²) in [6.45, 7) is 1.29. The summed E-state index contributed by atoms with van der Waals surface area (Å²) in [5.74, 6) is -0.289. The summed E-state index contributed by atoms with van der Waals surface area (Å²) >= 11 is 5.39. The monoisotopic (exact) mass is 626 g/mol. The van der Waals surface area contributed by atoms with E-state index in [0.717, 1.165) is 6.07 Å². The lowest BCUT2D eigenvalue weighted by Gasteiger charge is -2.10. The molecule has 0 saturated carbocycles. The zero-order valence-corrected chi connectivity index (χ0v) is 23.7. The van der Waals surface area contributed by atoms with Gasteiger partial charge in [-0.1, -0.05) is 11.6 Å². The molecule has 0 fully saturated rings. The van der Waals surface area contributed by atoms with Gasteiger partial charge in [0.2, 0.25) is 6.41 Å². The third kappa shape index (κ3) is 13.4. The number of amides is 2. The molecule has 0 spiro atoms. The minimum absolute atomic E-state index is 0.0471. The van der Waals surface area contributed by atoms with Gasteiger partial charge < -0.3 is 35.3 Å². The van der Waals surface area contributed by atoms with Gasteiger partial charge in [-0.05, 0) is 48.5 Å². The number of halogens is 4. The number of carboxylic acids is 1. The highest BCUT2D eigenvalue weighted by Gasteiger charge is 2.33. The van der Waals surface area contributed by atoms with Crippen molar-refractivity contribution in [2.24, 2.45) is 0 Å². The Balaban J connectivity index is 0.000000413. The molecule has 3 rings (SSSR count). The van der Waals surface area contributed by atoms with E-state index in [-0.39, 0.29) is 49.4 Å². The van der Waals surface area contributed by atoms with Crippen LogP contribution in [0, 0.1) is 0 Å². The maximum absolute atomic E-state index is 12.3. The smallest absolute Gasteiger partial charge is 0.417 e. The second-order valence-electron chi connectivity index (χ2n) is 8.33. The van der Waals surface area contributed by atoms with Crippen LogP contribution in [0.5, 0.6) is 11.5 Å². The van der Waals surface area contributed by atoms with Crippen LogP contribution in [0.1, 0.15) is 22.5 Å². The fourth-order valence-electron chi connectivity index (χ4n) is 3.13. The van der Waals surface area contributed by atoms with Crippen molar-refractivity contribution in [3.8, 4) is 11.5 Å². The molecule has 2 amide bonds. The van der Waals surface area contributed by atoms with Crippen molar-refractivity contribution < 1.29 is 46.9 Å². The van der Waals surface area contributed by atoms with Gasteiger partial charge in [-0.25, -0.2) is 0 Å². The number of rotatable bonds is 15. The Hall–Kier alpha value is -4.40. The van der Waals surface area contributed by atoms with Gasteiger partial charge in [-0.2, -0.15) is 13.2 Å². The van der Waals surface area contributed by atoms with Gasteiger partial charge in [0.05, 0.1) is 43.4 Å². The lowest BCUT2D eigenvalue weighted by atomic mass is 10.2. The predicted octanol–water partition coefficient (Wildman–Crippen LogP) is 5.08. The van der Waals surface area contributed by atoms with Crippen LogP contribution in [0.25, 0.3) is 0 Å². The van der Waals surface area contributed by atoms with Crippen LogP contribution in [0.15, 0.2) is 60.8 Å². The Labute approximate surface area is 250 Å². The molecule has 11 nitrogen and oxygen atoms in total. The van der Waals surface area contributed by atoms with Crippen molar-refractivity contribution in [2.75, 3.05) is 50.7 Å². The highest BCUT2D eigenvalue weighted by Crippen LogP contribution is 2.36. The van der Waals surface area contributed by atoms with Crippen molar-refractivity contribution in [2.45, 2.75) is 12.6 Å². The minimum Gasteiger partial charge on any atom is -0.481 e. The molecule has 0 aliphatic carbocycles. The Bertz CT molecular complexity index is 1330. The average molecular weight is 627 g/mol. The van der Waals surface area contributed by atoms with Crippen LogP contribution >= 0.6 is 11.6 Å². The Morgan fingerprint density at radius 1 is 0.953 bits per heavy atom. The van der Waals surface area contributed by atoms with Crippen LogP contribution in [0.2, 0.25) is 5.02 Å². The van der Waals surface area contributed by atoms with Gasteiger partial charge in [0.25, 0.3) is 5.91 Å². The van der Waals surface area contributed by atoms with Gasteiger partial charge in [0.15, 0.2) is 0 Å². The lowest BCUT2D eigenvalue weighted by molar-refractivity contribution is -0.138. The number of ether oxygens (including phenoxy) is 3. The number of hydrogen-bond donors (Lipinski definition) is 4. The second kappa shape index (κ2) is 18.2. The first-order chi connectivity index (χ1) is 20.5. The number of hydrogen-bond acceptors (Lipinski definition) is 8. The number of aromatic nitrogens is 1. The molecule has 1 aromatic heterocycles. The summed E-state index contributed by atoms with van der Waals surface area (Å²) in [5.41, 5.74) is 0.405. The SMILES string of the molecule is CNc1ccc(Cl)c(C(F)(F)F)c1.O=CNc1ccc(Oc2ccnc(C(=O)NCCOCCOCCC(=O)O)c2)cc1. The summed E-state index contributed by atoms with van der Waals surface area (Å²) < 4.78 is 52.8. The number of alkyl halides is 3. The molecule has 0 saturated heterocycles. The molecule has 43 heavy (non-hydrogen) atoms. The average Bonchev–Trinajstić information content (AvgIpc) is 2.97. The van der Waals surface area contributed by atoms with Gasteiger partial charge in [-0.15, -0.1) is 0 Å². The summed E-state index contributed by atoms with van der Waals surface area (Å²) in [4.78, 5) is 37.0. The molecule has 232 valence electrons. The Kier molecular flexibility index (Phi) is 14.7. The first-order valence-corrected chi connectivity index (χ1v) is 13.1. The van der Waals surface area contributed by atoms with E-state index in [1.54, 1.807) is 37.4 Å². The number of aliphatic carboxylic acids is 1. The van der Waals surface area contributed by atoms with Gasteiger partial charge in [0, 0.05) is 37.2 Å². The molecule has 0 unspecified atom stereocenters. The quantitative estimate of drug-likeness (QED) is 0.134. The number of carbonyl (C=O) groups is 3. The highest BCUT2D eigenvalue weighted by molar-refractivity contribution is 6.31. The molecule has 2 aromatic carbocycles. The highest BCUT2D eigenvalue weighted by atomic mass is 35.5. The van der Waals surface area contributed by atoms with Crippen LogP contribution in [0.3, 0.4) is 0 Å². The van der Waals surface area contributed by atoms with E-state index in [1.807, 2.05) is 0 Å². The van der Waals surface area contributed by atoms with Crippen LogP contribution in [-0.2, 0) is 25.2 Å². The molecule has 0 aliphatic rings. The number of nitrogens with one attached hydrogen (secondary N) is 3. The zero-order chi connectivity index (χ0) is 31.7. The van der Waals surface area contributed by atoms with E-state index in [0.29, 0.717) is 35.9 Å². The third-order valence-corrected chi connectivity index (χ3v) is 5.53. The summed E-state index contributed by atoms with van der Waals surface area (Å²) in [7, 11) is 1.55. The van der Waals surface area contributed by atoms with Crippen molar-refractivity contribution in [1.29, 1.82) is 0 Å². The molecule has 0 aliphatic heterocycles. The molecule has 0 radical (unpaired) electrons. The largest absolute Gasteiger partial charge is 0.481 e. The van der Waals surface area contributed by atoms with Crippen LogP contribution in [0.4, 0.5) is 24.5 Å². The molecule has 0 bridgehead atoms. The lowest BCUT2D eigenvalue weighted by Crippen LogP contribution is -2.28. The maximum Gasteiger partial charge on any atom is 0.417 e. The van der Waals surface area contributed by atoms with Gasteiger partial charge in [-0.3, -0.25) is 19.4 Å². The van der Waals surface area contributed by atoms with Crippen molar-refractivity contribution >= 4 is 41.3 Å². The number of nitrogens with zero attached hydrogens (tertiary/aromatic N) is 1. The topological polar surface area (TPSA) is 148 Å². The molecular weight excluding hydrogens is 597 g/mol. The number of carboxylic acid groups (broad SMARTS) is 1. The Morgan fingerprint density at radius 3 is 2.26 bits per heavy atom. The number of anilines is 2. The van der Waals surface area contributed by atoms with Crippen LogP contribution in [-0.4, -0.2) is 68.4 Å². The van der Waals surface area contributed by atoms with Crippen molar-refractivity contribution in [1.82, 2.24) is 10.3 Å². The van der Waals surface area contributed by atoms with E-state index >= 15 is 0 Å². The van der Waals surface area contributed by atoms with E-state index in [1.165, 1.54) is 24.4 Å². The van der Waals surface area contributed by atoms with Crippen LogP contribution < -0.4 is 20.7 Å². The molecule has 4 N–H and O–H groups in total. The Morgan fingerprint density at radius 2 is 1.63 bits per heavy atom. The number of carbonyl (C=O) groups excluding carboxylic acids is 2. The molecule has 1 heterocycles. The zero-order valence-electron chi connectivity index (χ0n) is 22.9. The summed E-state index contributed by atoms with van der Waals surface area (Å²) in [6, 6.07) is 13.6. The predicted molar refractivity (Wildman–Crippen MR) is 153 cm³/mol. The fraction of sp³-hybridized carbons (Fsp3) is 0.286. The summed E-state index contributed by atoms with van der Waals surface area (Å²) in [6.07, 6.45) is -2.39. The molecular formula is C28H30ClF3N4O7. The van der Waals surface area contributed by atoms with Crippen molar-refractivity contribution in [3.05, 3.63) is 77.1 Å². The van der Waals surface area contributed by atoms with E-state index in [9.17, 15) is 27.6 Å². The van der Waals surface area contributed by atoms with E-state index in [2.05, 4.69) is 20.9 Å². The first kappa shape index (κ1) is 34.8. The molecule has 3 aromatic rings. The summed E-state index contributed by atoms with van der Waals surface area (Å²) in [5, 5.41) is 16.0. The fourth-order valence-corrected chi connectivity index (χ4v) is 3.35. The van der Waals surface area contributed by atoms with E-state index < -0.39 is 17.7 Å². The first-order valence-electron chi connectivity index (χ1n) is 12.7.